The Kier molecular flexibility index (Phi) is 3.64. The van der Waals surface area contributed by atoms with Crippen LogP contribution in [0.5, 0.6) is 0 Å². The van der Waals surface area contributed by atoms with E-state index in [-0.39, 0.29) is 11.4 Å². The smallest absolute Gasteiger partial charge is 0.270 e. The summed E-state index contributed by atoms with van der Waals surface area (Å²) in [6, 6.07) is 13.5. The number of carbonyl (C=O) groups excluding carboxylic acids is 1. The Bertz CT molecular complexity index is 860. The van der Waals surface area contributed by atoms with Gasteiger partial charge in [-0.2, -0.15) is 5.10 Å². The van der Waals surface area contributed by atoms with Gasteiger partial charge in [-0.3, -0.25) is 4.79 Å². The van der Waals surface area contributed by atoms with Crippen LogP contribution in [0.3, 0.4) is 0 Å². The number of aryl methyl sites for hydroxylation is 1. The number of nitrogens with one attached hydrogen (secondary N) is 1. The maximum absolute atomic E-state index is 12.6. The fraction of sp³-hybridized carbons (Fsp3) is 0.278. The molecule has 1 amide bonds. The molecular formula is C18H20N4O. The van der Waals surface area contributed by atoms with Crippen molar-refractivity contribution in [1.82, 2.24) is 19.9 Å². The summed E-state index contributed by atoms with van der Waals surface area (Å²) in [5.41, 5.74) is 3.44. The zero-order valence-electron chi connectivity index (χ0n) is 13.8. The third kappa shape index (κ3) is 3.23. The first-order chi connectivity index (χ1) is 10.8. The first-order valence-electron chi connectivity index (χ1n) is 7.59. The van der Waals surface area contributed by atoms with E-state index in [1.54, 1.807) is 10.6 Å². The first-order valence-corrected chi connectivity index (χ1v) is 7.59. The molecule has 1 aromatic carbocycles. The fourth-order valence-corrected chi connectivity index (χ4v) is 2.42. The summed E-state index contributed by atoms with van der Waals surface area (Å²) >= 11 is 0. The Labute approximate surface area is 135 Å². The molecule has 0 aliphatic heterocycles. The quantitative estimate of drug-likeness (QED) is 0.790. The molecule has 0 radical (unpaired) electrons. The maximum atomic E-state index is 12.6. The zero-order chi connectivity index (χ0) is 16.6. The topological polar surface area (TPSA) is 59.3 Å². The third-order valence-electron chi connectivity index (χ3n) is 3.35. The van der Waals surface area contributed by atoms with Crippen molar-refractivity contribution in [3.8, 4) is 11.3 Å². The highest BCUT2D eigenvalue weighted by Crippen LogP contribution is 2.20. The maximum Gasteiger partial charge on any atom is 0.270 e. The van der Waals surface area contributed by atoms with Crippen LogP contribution in [0.25, 0.3) is 16.9 Å². The van der Waals surface area contributed by atoms with Gasteiger partial charge in [0.1, 0.15) is 5.69 Å². The van der Waals surface area contributed by atoms with Gasteiger partial charge in [0.05, 0.1) is 5.69 Å². The molecule has 5 heteroatoms. The van der Waals surface area contributed by atoms with E-state index in [2.05, 4.69) is 15.4 Å². The number of aromatic nitrogens is 3. The zero-order valence-corrected chi connectivity index (χ0v) is 13.8. The molecule has 0 atom stereocenters. The van der Waals surface area contributed by atoms with Crippen LogP contribution in [-0.2, 0) is 0 Å². The Morgan fingerprint density at radius 3 is 2.48 bits per heavy atom. The predicted molar refractivity (Wildman–Crippen MR) is 90.4 cm³/mol. The van der Waals surface area contributed by atoms with Gasteiger partial charge in [-0.15, -0.1) is 0 Å². The molecule has 0 bridgehead atoms. The lowest BCUT2D eigenvalue weighted by atomic mass is 10.1. The predicted octanol–water partition coefficient (Wildman–Crippen LogP) is 3.23. The molecule has 0 fully saturated rings. The minimum atomic E-state index is -0.310. The second kappa shape index (κ2) is 5.50. The molecule has 2 heterocycles. The van der Waals surface area contributed by atoms with Crippen LogP contribution in [0, 0.1) is 6.92 Å². The van der Waals surface area contributed by atoms with Crippen LogP contribution in [0.4, 0.5) is 0 Å². The molecule has 2 aromatic heterocycles. The summed E-state index contributed by atoms with van der Waals surface area (Å²) in [4.78, 5) is 17.1. The van der Waals surface area contributed by atoms with Gasteiger partial charge in [-0.1, -0.05) is 30.3 Å². The molecule has 0 aliphatic carbocycles. The van der Waals surface area contributed by atoms with Gasteiger partial charge in [0.15, 0.2) is 5.65 Å². The molecule has 23 heavy (non-hydrogen) atoms. The molecule has 0 saturated heterocycles. The monoisotopic (exact) mass is 308 g/mol. The highest BCUT2D eigenvalue weighted by Gasteiger charge is 2.19. The van der Waals surface area contributed by atoms with Gasteiger partial charge in [0.25, 0.3) is 5.91 Å². The standard InChI is InChI=1S/C18H20N4O/c1-12-10-15(17(23)20-18(2,3)4)22-16(19-12)11-14(21-22)13-8-6-5-7-9-13/h5-11H,1-4H3,(H,20,23). The number of nitrogens with zero attached hydrogens (tertiary/aromatic N) is 3. The highest BCUT2D eigenvalue weighted by molar-refractivity contribution is 5.93. The largest absolute Gasteiger partial charge is 0.346 e. The molecule has 0 saturated carbocycles. The average molecular weight is 308 g/mol. The number of hydrogen-bond donors (Lipinski definition) is 1. The van der Waals surface area contributed by atoms with Crippen LogP contribution < -0.4 is 5.32 Å². The van der Waals surface area contributed by atoms with Crippen molar-refractivity contribution in [3.05, 3.63) is 53.9 Å². The number of carbonyl (C=O) groups is 1. The summed E-state index contributed by atoms with van der Waals surface area (Å²) in [5, 5.41) is 7.54. The lowest BCUT2D eigenvalue weighted by Gasteiger charge is -2.20. The minimum Gasteiger partial charge on any atom is -0.346 e. The van der Waals surface area contributed by atoms with E-state index in [4.69, 9.17) is 0 Å². The molecule has 3 rings (SSSR count). The van der Waals surface area contributed by atoms with E-state index in [9.17, 15) is 4.79 Å². The molecule has 0 spiro atoms. The van der Waals surface area contributed by atoms with Gasteiger partial charge in [-0.25, -0.2) is 9.50 Å². The number of benzene rings is 1. The summed E-state index contributed by atoms with van der Waals surface area (Å²) < 4.78 is 1.61. The number of amides is 1. The van der Waals surface area contributed by atoms with Crippen LogP contribution in [0.15, 0.2) is 42.5 Å². The van der Waals surface area contributed by atoms with E-state index in [0.717, 1.165) is 17.0 Å². The van der Waals surface area contributed by atoms with Gasteiger partial charge >= 0.3 is 0 Å². The van der Waals surface area contributed by atoms with E-state index in [1.807, 2.05) is 64.1 Å². The van der Waals surface area contributed by atoms with E-state index in [1.165, 1.54) is 0 Å². The van der Waals surface area contributed by atoms with Crippen LogP contribution in [0.1, 0.15) is 37.0 Å². The Morgan fingerprint density at radius 1 is 1.13 bits per heavy atom. The lowest BCUT2D eigenvalue weighted by molar-refractivity contribution is 0.0911. The second-order valence-corrected chi connectivity index (χ2v) is 6.65. The van der Waals surface area contributed by atoms with E-state index >= 15 is 0 Å². The minimum absolute atomic E-state index is 0.157. The summed E-state index contributed by atoms with van der Waals surface area (Å²) in [5.74, 6) is -0.157. The Morgan fingerprint density at radius 2 is 1.83 bits per heavy atom. The average Bonchev–Trinajstić information content (AvgIpc) is 2.89. The van der Waals surface area contributed by atoms with E-state index < -0.39 is 0 Å². The first kappa shape index (κ1) is 15.2. The molecule has 0 aliphatic rings. The van der Waals surface area contributed by atoms with Crippen molar-refractivity contribution >= 4 is 11.6 Å². The fourth-order valence-electron chi connectivity index (χ4n) is 2.42. The molecule has 1 N–H and O–H groups in total. The lowest BCUT2D eigenvalue weighted by Crippen LogP contribution is -2.41. The SMILES string of the molecule is Cc1cc(C(=O)NC(C)(C)C)n2nc(-c3ccccc3)cc2n1. The van der Waals surface area contributed by atoms with Crippen LogP contribution in [0.2, 0.25) is 0 Å². The normalized spacial score (nSPS) is 11.7. The molecular weight excluding hydrogens is 288 g/mol. The van der Waals surface area contributed by atoms with Crippen LogP contribution >= 0.6 is 0 Å². The molecule has 118 valence electrons. The van der Waals surface area contributed by atoms with Gasteiger partial charge in [0, 0.05) is 22.9 Å². The number of rotatable bonds is 2. The molecule has 5 nitrogen and oxygen atoms in total. The summed E-state index contributed by atoms with van der Waals surface area (Å²) in [6.45, 7) is 7.74. The van der Waals surface area contributed by atoms with Crippen molar-refractivity contribution in [2.24, 2.45) is 0 Å². The van der Waals surface area contributed by atoms with Crippen molar-refractivity contribution < 1.29 is 4.79 Å². The van der Waals surface area contributed by atoms with Crippen molar-refractivity contribution in [2.45, 2.75) is 33.2 Å². The second-order valence-electron chi connectivity index (χ2n) is 6.65. The molecule has 3 aromatic rings. The number of fused-ring (bicyclic) bond motifs is 1. The van der Waals surface area contributed by atoms with Crippen LogP contribution in [-0.4, -0.2) is 26.0 Å². The summed E-state index contributed by atoms with van der Waals surface area (Å²) in [7, 11) is 0. The van der Waals surface area contributed by atoms with Gasteiger partial charge in [0.2, 0.25) is 0 Å². The Balaban J connectivity index is 2.12. The third-order valence-corrected chi connectivity index (χ3v) is 3.35. The summed E-state index contributed by atoms with van der Waals surface area (Å²) in [6.07, 6.45) is 0. The van der Waals surface area contributed by atoms with Crippen molar-refractivity contribution in [1.29, 1.82) is 0 Å². The Hall–Kier alpha value is -2.69. The van der Waals surface area contributed by atoms with Gasteiger partial charge < -0.3 is 5.32 Å². The number of hydrogen-bond acceptors (Lipinski definition) is 3. The molecule has 0 unspecified atom stereocenters. The highest BCUT2D eigenvalue weighted by atomic mass is 16.2. The van der Waals surface area contributed by atoms with E-state index in [0.29, 0.717) is 11.3 Å². The van der Waals surface area contributed by atoms with Crippen molar-refractivity contribution in [2.75, 3.05) is 0 Å². The van der Waals surface area contributed by atoms with Gasteiger partial charge in [-0.05, 0) is 33.8 Å². The van der Waals surface area contributed by atoms with Crippen molar-refractivity contribution in [3.63, 3.8) is 0 Å².